The van der Waals surface area contributed by atoms with Crippen molar-refractivity contribution in [2.75, 3.05) is 5.75 Å². The number of ketones is 1. The van der Waals surface area contributed by atoms with Gasteiger partial charge in [-0.25, -0.2) is 0 Å². The SMILES string of the molecule is CC(C)N[C@H](CCS)C(=O)C(C)C. The van der Waals surface area contributed by atoms with Gasteiger partial charge in [0.2, 0.25) is 0 Å². The second-order valence-corrected chi connectivity index (χ2v) is 4.39. The highest BCUT2D eigenvalue weighted by molar-refractivity contribution is 7.80. The monoisotopic (exact) mass is 203 g/mol. The highest BCUT2D eigenvalue weighted by Crippen LogP contribution is 2.05. The van der Waals surface area contributed by atoms with Gasteiger partial charge in [0, 0.05) is 12.0 Å². The number of hydrogen-bond donors (Lipinski definition) is 2. The fourth-order valence-electron chi connectivity index (χ4n) is 1.24. The second-order valence-electron chi connectivity index (χ2n) is 3.94. The van der Waals surface area contributed by atoms with Crippen molar-refractivity contribution in [3.05, 3.63) is 0 Å². The van der Waals surface area contributed by atoms with Gasteiger partial charge in [-0.1, -0.05) is 27.7 Å². The number of Topliss-reactive ketones (excluding diaryl/α,β-unsaturated/α-hetero) is 1. The van der Waals surface area contributed by atoms with Crippen LogP contribution in [0.3, 0.4) is 0 Å². The first-order valence-electron chi connectivity index (χ1n) is 4.89. The van der Waals surface area contributed by atoms with Crippen LogP contribution in [0.4, 0.5) is 0 Å². The minimum absolute atomic E-state index is 0.0162. The minimum atomic E-state index is -0.0162. The topological polar surface area (TPSA) is 29.1 Å². The third-order valence-corrected chi connectivity index (χ3v) is 2.12. The van der Waals surface area contributed by atoms with E-state index in [9.17, 15) is 4.79 Å². The predicted molar refractivity (Wildman–Crippen MR) is 60.4 cm³/mol. The van der Waals surface area contributed by atoms with E-state index in [1.807, 2.05) is 13.8 Å². The fraction of sp³-hybridized carbons (Fsp3) is 0.900. The molecule has 0 amide bonds. The predicted octanol–water partition coefficient (Wildman–Crippen LogP) is 1.90. The Labute approximate surface area is 86.9 Å². The van der Waals surface area contributed by atoms with Gasteiger partial charge in [-0.05, 0) is 12.2 Å². The number of carbonyl (C=O) groups excluding carboxylic acids is 1. The molecule has 0 saturated carbocycles. The fourth-order valence-corrected chi connectivity index (χ4v) is 1.50. The maximum atomic E-state index is 11.7. The molecule has 0 saturated heterocycles. The summed E-state index contributed by atoms with van der Waals surface area (Å²) in [4.78, 5) is 11.7. The largest absolute Gasteiger partial charge is 0.305 e. The van der Waals surface area contributed by atoms with E-state index in [4.69, 9.17) is 0 Å². The van der Waals surface area contributed by atoms with Crippen LogP contribution in [0.2, 0.25) is 0 Å². The third kappa shape index (κ3) is 5.32. The van der Waals surface area contributed by atoms with Crippen LogP contribution in [0, 0.1) is 5.92 Å². The zero-order valence-corrected chi connectivity index (χ0v) is 9.90. The van der Waals surface area contributed by atoms with E-state index in [1.54, 1.807) is 0 Å². The van der Waals surface area contributed by atoms with E-state index >= 15 is 0 Å². The molecule has 0 aliphatic carbocycles. The molecule has 0 spiro atoms. The molecule has 2 nitrogen and oxygen atoms in total. The number of nitrogens with one attached hydrogen (secondary N) is 1. The van der Waals surface area contributed by atoms with E-state index in [0.717, 1.165) is 12.2 Å². The lowest BCUT2D eigenvalue weighted by molar-refractivity contribution is -0.124. The Morgan fingerprint density at radius 1 is 1.31 bits per heavy atom. The van der Waals surface area contributed by atoms with Crippen molar-refractivity contribution in [1.29, 1.82) is 0 Å². The van der Waals surface area contributed by atoms with Crippen LogP contribution in [0.5, 0.6) is 0 Å². The van der Waals surface area contributed by atoms with Crippen LogP contribution in [0.25, 0.3) is 0 Å². The molecule has 0 aromatic carbocycles. The van der Waals surface area contributed by atoms with Crippen LogP contribution < -0.4 is 5.32 Å². The van der Waals surface area contributed by atoms with Gasteiger partial charge in [0.15, 0.2) is 5.78 Å². The lowest BCUT2D eigenvalue weighted by atomic mass is 9.99. The van der Waals surface area contributed by atoms with Gasteiger partial charge < -0.3 is 5.32 Å². The summed E-state index contributed by atoms with van der Waals surface area (Å²) >= 11 is 4.15. The Balaban J connectivity index is 4.15. The number of carbonyl (C=O) groups is 1. The quantitative estimate of drug-likeness (QED) is 0.646. The normalized spacial score (nSPS) is 13.8. The average Bonchev–Trinajstić information content (AvgIpc) is 2.01. The summed E-state index contributed by atoms with van der Waals surface area (Å²) in [7, 11) is 0. The number of hydrogen-bond acceptors (Lipinski definition) is 3. The molecule has 0 radical (unpaired) electrons. The van der Waals surface area contributed by atoms with Gasteiger partial charge in [-0.15, -0.1) is 0 Å². The summed E-state index contributed by atoms with van der Waals surface area (Å²) in [5.41, 5.74) is 0. The van der Waals surface area contributed by atoms with E-state index in [0.29, 0.717) is 11.8 Å². The van der Waals surface area contributed by atoms with Crippen molar-refractivity contribution < 1.29 is 4.79 Å². The summed E-state index contributed by atoms with van der Waals surface area (Å²) < 4.78 is 0. The molecule has 0 aromatic heterocycles. The van der Waals surface area contributed by atoms with Gasteiger partial charge >= 0.3 is 0 Å². The van der Waals surface area contributed by atoms with Crippen molar-refractivity contribution in [2.45, 2.75) is 46.2 Å². The Bertz CT molecular complexity index is 157. The summed E-state index contributed by atoms with van der Waals surface area (Å²) in [6, 6.07) is 0.338. The summed E-state index contributed by atoms with van der Waals surface area (Å²) in [6.45, 7) is 7.99. The molecule has 0 aromatic rings. The molecule has 1 atom stereocenters. The first kappa shape index (κ1) is 13.0. The zero-order chi connectivity index (χ0) is 10.4. The van der Waals surface area contributed by atoms with E-state index in [-0.39, 0.29) is 12.0 Å². The Morgan fingerprint density at radius 2 is 1.85 bits per heavy atom. The molecule has 0 bridgehead atoms. The third-order valence-electron chi connectivity index (χ3n) is 1.86. The highest BCUT2D eigenvalue weighted by atomic mass is 32.1. The molecule has 78 valence electrons. The Kier molecular flexibility index (Phi) is 6.43. The first-order valence-corrected chi connectivity index (χ1v) is 5.53. The van der Waals surface area contributed by atoms with Gasteiger partial charge in [0.05, 0.1) is 6.04 Å². The molecule has 0 heterocycles. The number of thiol groups is 1. The van der Waals surface area contributed by atoms with E-state index in [1.165, 1.54) is 0 Å². The van der Waals surface area contributed by atoms with Crippen LogP contribution in [-0.2, 0) is 4.79 Å². The minimum Gasteiger partial charge on any atom is -0.305 e. The smallest absolute Gasteiger partial charge is 0.152 e. The van der Waals surface area contributed by atoms with Crippen molar-refractivity contribution in [1.82, 2.24) is 5.32 Å². The summed E-state index contributed by atoms with van der Waals surface area (Å²) in [5, 5.41) is 3.26. The maximum Gasteiger partial charge on any atom is 0.152 e. The van der Waals surface area contributed by atoms with Crippen LogP contribution in [-0.4, -0.2) is 23.6 Å². The van der Waals surface area contributed by atoms with Gasteiger partial charge in [0.1, 0.15) is 0 Å². The molecule has 0 aliphatic rings. The molecule has 13 heavy (non-hydrogen) atoms. The van der Waals surface area contributed by atoms with Crippen molar-refractivity contribution >= 4 is 18.4 Å². The van der Waals surface area contributed by atoms with Gasteiger partial charge in [0.25, 0.3) is 0 Å². The van der Waals surface area contributed by atoms with Crippen LogP contribution in [0.1, 0.15) is 34.1 Å². The van der Waals surface area contributed by atoms with Crippen molar-refractivity contribution in [3.63, 3.8) is 0 Å². The summed E-state index contributed by atoms with van der Waals surface area (Å²) in [6.07, 6.45) is 0.818. The molecular formula is C10H21NOS. The maximum absolute atomic E-state index is 11.7. The lowest BCUT2D eigenvalue weighted by Crippen LogP contribution is -2.43. The molecule has 3 heteroatoms. The lowest BCUT2D eigenvalue weighted by Gasteiger charge is -2.21. The Hall–Kier alpha value is -0.0200. The first-order chi connectivity index (χ1) is 5.99. The summed E-state index contributed by atoms with van der Waals surface area (Å²) in [5.74, 6) is 1.15. The van der Waals surface area contributed by atoms with E-state index in [2.05, 4.69) is 31.8 Å². The van der Waals surface area contributed by atoms with Crippen molar-refractivity contribution in [3.8, 4) is 0 Å². The van der Waals surface area contributed by atoms with Gasteiger partial charge in [-0.3, -0.25) is 4.79 Å². The standard InChI is InChI=1S/C10H21NOS/c1-7(2)10(12)9(5-6-13)11-8(3)4/h7-9,11,13H,5-6H2,1-4H3/t9-/m1/s1. The average molecular weight is 203 g/mol. The molecule has 0 rings (SSSR count). The van der Waals surface area contributed by atoms with Crippen molar-refractivity contribution in [2.24, 2.45) is 5.92 Å². The molecule has 0 aliphatic heterocycles. The molecule has 0 fully saturated rings. The van der Waals surface area contributed by atoms with Crippen LogP contribution in [0.15, 0.2) is 0 Å². The second kappa shape index (κ2) is 6.44. The molecule has 0 unspecified atom stereocenters. The highest BCUT2D eigenvalue weighted by Gasteiger charge is 2.20. The molecular weight excluding hydrogens is 182 g/mol. The molecule has 1 N–H and O–H groups in total. The Morgan fingerprint density at radius 3 is 2.15 bits per heavy atom. The zero-order valence-electron chi connectivity index (χ0n) is 9.00. The van der Waals surface area contributed by atoms with Gasteiger partial charge in [-0.2, -0.15) is 12.6 Å². The van der Waals surface area contributed by atoms with E-state index < -0.39 is 0 Å². The van der Waals surface area contributed by atoms with Crippen LogP contribution >= 0.6 is 12.6 Å². The number of rotatable bonds is 6.